The normalized spacial score (nSPS) is 20.6. The molecule has 0 bridgehead atoms. The van der Waals surface area contributed by atoms with Crippen molar-refractivity contribution in [3.05, 3.63) is 71.4 Å². The van der Waals surface area contributed by atoms with Crippen molar-refractivity contribution in [3.63, 3.8) is 0 Å². The van der Waals surface area contributed by atoms with Gasteiger partial charge in [-0.3, -0.25) is 0 Å². The molecule has 0 radical (unpaired) electrons. The van der Waals surface area contributed by atoms with Crippen LogP contribution >= 0.6 is 0 Å². The van der Waals surface area contributed by atoms with Crippen molar-refractivity contribution in [1.82, 2.24) is 20.1 Å². The third-order valence-corrected chi connectivity index (χ3v) is 9.03. The maximum atomic E-state index is 12.2. The third kappa shape index (κ3) is 7.91. The summed E-state index contributed by atoms with van der Waals surface area (Å²) in [5, 5.41) is 17.6. The molecule has 8 heteroatoms. The van der Waals surface area contributed by atoms with Crippen LogP contribution in [0.2, 0.25) is 0 Å². The molecule has 1 saturated heterocycles. The SMILES string of the molecule is Cc1cccc(C(CCNC2CCC(NC(=O)OC(C)(C)C)CC2)c2cn(C3CCN(C(=O)O)CC3)c3ccccc23)c1. The number of hydrogen-bond acceptors (Lipinski definition) is 4. The number of nitrogens with one attached hydrogen (secondary N) is 2. The zero-order valence-electron chi connectivity index (χ0n) is 26.1. The number of para-hydroxylation sites is 1. The van der Waals surface area contributed by atoms with Crippen LogP contribution in [0.4, 0.5) is 9.59 Å². The molecule has 43 heavy (non-hydrogen) atoms. The predicted octanol–water partition coefficient (Wildman–Crippen LogP) is 7.21. The van der Waals surface area contributed by atoms with Gasteiger partial charge in [-0.25, -0.2) is 9.59 Å². The number of hydrogen-bond donors (Lipinski definition) is 3. The average Bonchev–Trinajstić information content (AvgIpc) is 3.34. The number of carbonyl (C=O) groups excluding carboxylic acids is 1. The van der Waals surface area contributed by atoms with E-state index in [1.54, 1.807) is 0 Å². The number of amides is 2. The molecule has 1 aliphatic heterocycles. The maximum Gasteiger partial charge on any atom is 0.407 e. The Morgan fingerprint density at radius 2 is 1.67 bits per heavy atom. The number of fused-ring (bicyclic) bond motifs is 1. The summed E-state index contributed by atoms with van der Waals surface area (Å²) in [6.07, 6.45) is 7.80. The quantitative estimate of drug-likeness (QED) is 0.258. The summed E-state index contributed by atoms with van der Waals surface area (Å²) in [6, 6.07) is 18.4. The van der Waals surface area contributed by atoms with E-state index in [0.717, 1.165) is 51.5 Å². The maximum absolute atomic E-state index is 12.2. The van der Waals surface area contributed by atoms with E-state index in [0.29, 0.717) is 19.1 Å². The first kappa shape index (κ1) is 30.9. The first-order chi connectivity index (χ1) is 20.6. The number of rotatable bonds is 8. The third-order valence-electron chi connectivity index (χ3n) is 9.03. The second kappa shape index (κ2) is 13.4. The average molecular weight is 589 g/mol. The van der Waals surface area contributed by atoms with Crippen LogP contribution in [0.1, 0.15) is 94.4 Å². The highest BCUT2D eigenvalue weighted by atomic mass is 16.6. The molecule has 1 unspecified atom stereocenters. The number of nitrogens with zero attached hydrogens (tertiary/aromatic N) is 2. The summed E-state index contributed by atoms with van der Waals surface area (Å²) in [5.74, 6) is 0.239. The lowest BCUT2D eigenvalue weighted by Crippen LogP contribution is -2.44. The van der Waals surface area contributed by atoms with Crippen LogP contribution in [-0.2, 0) is 4.74 Å². The first-order valence-corrected chi connectivity index (χ1v) is 15.9. The fourth-order valence-electron chi connectivity index (χ4n) is 6.88. The molecule has 1 atom stereocenters. The molecule has 2 aromatic carbocycles. The second-order valence-corrected chi connectivity index (χ2v) is 13.4. The fraction of sp³-hybridized carbons (Fsp3) is 0.543. The van der Waals surface area contributed by atoms with Gasteiger partial charge in [-0.1, -0.05) is 48.0 Å². The lowest BCUT2D eigenvalue weighted by Gasteiger charge is -2.31. The van der Waals surface area contributed by atoms with Gasteiger partial charge in [0.2, 0.25) is 0 Å². The lowest BCUT2D eigenvalue weighted by molar-refractivity contribution is 0.0489. The molecule has 0 spiro atoms. The summed E-state index contributed by atoms with van der Waals surface area (Å²) in [6.45, 7) is 9.87. The Hall–Kier alpha value is -3.52. The molecule has 1 saturated carbocycles. The molecule has 2 heterocycles. The number of benzene rings is 2. The summed E-state index contributed by atoms with van der Waals surface area (Å²) in [4.78, 5) is 25.2. The van der Waals surface area contributed by atoms with Gasteiger partial charge in [-0.15, -0.1) is 0 Å². The van der Waals surface area contributed by atoms with Gasteiger partial charge in [0.25, 0.3) is 0 Å². The van der Waals surface area contributed by atoms with E-state index in [4.69, 9.17) is 4.74 Å². The number of ether oxygens (including phenoxy) is 1. The number of carboxylic acid groups (broad SMARTS) is 1. The molecule has 232 valence electrons. The number of alkyl carbamates (subject to hydrolysis) is 1. The van der Waals surface area contributed by atoms with Crippen molar-refractivity contribution in [3.8, 4) is 0 Å². The highest BCUT2D eigenvalue weighted by molar-refractivity contribution is 5.85. The van der Waals surface area contributed by atoms with E-state index in [2.05, 4.69) is 76.9 Å². The largest absolute Gasteiger partial charge is 0.465 e. The Labute approximate surface area is 255 Å². The van der Waals surface area contributed by atoms with Crippen molar-refractivity contribution in [2.75, 3.05) is 19.6 Å². The highest BCUT2D eigenvalue weighted by Crippen LogP contribution is 2.38. The number of aryl methyl sites for hydroxylation is 1. The van der Waals surface area contributed by atoms with Gasteiger partial charge < -0.3 is 29.9 Å². The van der Waals surface area contributed by atoms with Crippen LogP contribution in [0.5, 0.6) is 0 Å². The summed E-state index contributed by atoms with van der Waals surface area (Å²) < 4.78 is 7.86. The van der Waals surface area contributed by atoms with E-state index >= 15 is 0 Å². The van der Waals surface area contributed by atoms with E-state index in [1.165, 1.54) is 32.5 Å². The fourth-order valence-corrected chi connectivity index (χ4v) is 6.88. The molecule has 8 nitrogen and oxygen atoms in total. The van der Waals surface area contributed by atoms with Crippen molar-refractivity contribution in [2.24, 2.45) is 0 Å². The highest BCUT2D eigenvalue weighted by Gasteiger charge is 2.28. The van der Waals surface area contributed by atoms with Crippen molar-refractivity contribution < 1.29 is 19.4 Å². The molecule has 1 aromatic heterocycles. The van der Waals surface area contributed by atoms with Crippen molar-refractivity contribution in [1.29, 1.82) is 0 Å². The molecule has 5 rings (SSSR count). The van der Waals surface area contributed by atoms with Crippen LogP contribution in [0, 0.1) is 6.92 Å². The summed E-state index contributed by atoms with van der Waals surface area (Å²) in [7, 11) is 0. The number of piperidine rings is 1. The number of carbonyl (C=O) groups is 2. The first-order valence-electron chi connectivity index (χ1n) is 15.9. The topological polar surface area (TPSA) is 95.8 Å². The van der Waals surface area contributed by atoms with E-state index < -0.39 is 11.7 Å². The summed E-state index contributed by atoms with van der Waals surface area (Å²) in [5.41, 5.74) is 4.68. The lowest BCUT2D eigenvalue weighted by atomic mass is 9.87. The Bertz CT molecular complexity index is 1390. The van der Waals surface area contributed by atoms with Gasteiger partial charge in [0, 0.05) is 54.2 Å². The number of likely N-dealkylation sites (tertiary alicyclic amines) is 1. The zero-order valence-corrected chi connectivity index (χ0v) is 26.1. The Morgan fingerprint density at radius 3 is 2.35 bits per heavy atom. The second-order valence-electron chi connectivity index (χ2n) is 13.4. The van der Waals surface area contributed by atoms with E-state index in [9.17, 15) is 14.7 Å². The van der Waals surface area contributed by atoms with Gasteiger partial charge in [0.15, 0.2) is 0 Å². The van der Waals surface area contributed by atoms with E-state index in [1.807, 2.05) is 20.8 Å². The van der Waals surface area contributed by atoms with Gasteiger partial charge in [0.1, 0.15) is 5.60 Å². The molecular formula is C35H48N4O4. The predicted molar refractivity (Wildman–Crippen MR) is 171 cm³/mol. The van der Waals surface area contributed by atoms with Crippen LogP contribution in [0.3, 0.4) is 0 Å². The van der Waals surface area contributed by atoms with Gasteiger partial charge in [-0.05, 0) is 96.4 Å². The zero-order chi connectivity index (χ0) is 30.6. The van der Waals surface area contributed by atoms with Crippen LogP contribution in [0.25, 0.3) is 10.9 Å². The molecular weight excluding hydrogens is 540 g/mol. The molecule has 1 aliphatic carbocycles. The Balaban J connectivity index is 1.28. The van der Waals surface area contributed by atoms with Gasteiger partial charge in [-0.2, -0.15) is 0 Å². The van der Waals surface area contributed by atoms with Crippen LogP contribution in [-0.4, -0.2) is 64.1 Å². The number of aromatic nitrogens is 1. The molecule has 2 fully saturated rings. The standard InChI is InChI=1S/C35H48N4O4/c1-24-8-7-9-25(22-24)29(16-19-36-26-12-14-27(15-13-26)37-33(40)43-35(2,3)4)31-23-39(32-11-6-5-10-30(31)32)28-17-20-38(21-18-28)34(41)42/h5-11,22-23,26-29,36H,12-21H2,1-4H3,(H,37,40)(H,41,42). The Kier molecular flexibility index (Phi) is 9.65. The molecule has 2 amide bonds. The molecule has 3 N–H and O–H groups in total. The minimum atomic E-state index is -0.823. The monoisotopic (exact) mass is 588 g/mol. The van der Waals surface area contributed by atoms with E-state index in [-0.39, 0.29) is 24.1 Å². The summed E-state index contributed by atoms with van der Waals surface area (Å²) >= 11 is 0. The van der Waals surface area contributed by atoms with Crippen LogP contribution in [0.15, 0.2) is 54.7 Å². The van der Waals surface area contributed by atoms with Gasteiger partial charge in [0.05, 0.1) is 0 Å². The smallest absolute Gasteiger partial charge is 0.407 e. The minimum Gasteiger partial charge on any atom is -0.465 e. The molecule has 3 aromatic rings. The molecule has 2 aliphatic rings. The van der Waals surface area contributed by atoms with Gasteiger partial charge >= 0.3 is 12.2 Å². The van der Waals surface area contributed by atoms with Crippen molar-refractivity contribution >= 4 is 23.1 Å². The van der Waals surface area contributed by atoms with Crippen LogP contribution < -0.4 is 10.6 Å². The van der Waals surface area contributed by atoms with Crippen molar-refractivity contribution in [2.45, 2.75) is 102 Å². The minimum absolute atomic E-state index is 0.168. The Morgan fingerprint density at radius 1 is 0.977 bits per heavy atom.